The molecule has 1 aliphatic heterocycles. The molecule has 1 amide bonds. The average Bonchev–Trinajstić information content (AvgIpc) is 2.48. The molecule has 5 nitrogen and oxygen atoms in total. The van der Waals surface area contributed by atoms with Gasteiger partial charge in [0.15, 0.2) is 9.84 Å². The first-order valence-electron chi connectivity index (χ1n) is 6.97. The molecule has 0 aliphatic carbocycles. The second-order valence-electron chi connectivity index (χ2n) is 5.28. The lowest BCUT2D eigenvalue weighted by atomic mass is 10.1. The van der Waals surface area contributed by atoms with Crippen LogP contribution in [0.5, 0.6) is 0 Å². The summed E-state index contributed by atoms with van der Waals surface area (Å²) >= 11 is 0. The second kappa shape index (κ2) is 6.72. The summed E-state index contributed by atoms with van der Waals surface area (Å²) in [6.45, 7) is 1.32. The normalized spacial score (nSPS) is 15.5. The average molecular weight is 306 g/mol. The number of hydrogen-bond acceptors (Lipinski definition) is 4. The first-order chi connectivity index (χ1) is 10.00. The summed E-state index contributed by atoms with van der Waals surface area (Å²) in [4.78, 5) is 13.6. The highest BCUT2D eigenvalue weighted by Gasteiger charge is 2.23. The molecule has 0 atom stereocenters. The van der Waals surface area contributed by atoms with Crippen LogP contribution < -0.4 is 0 Å². The van der Waals surface area contributed by atoms with Crippen molar-refractivity contribution in [2.75, 3.05) is 18.8 Å². The maximum Gasteiger partial charge on any atom is 0.237 e. The van der Waals surface area contributed by atoms with Gasteiger partial charge in [-0.25, -0.2) is 8.42 Å². The van der Waals surface area contributed by atoms with Gasteiger partial charge in [-0.3, -0.25) is 4.79 Å². The molecule has 1 fully saturated rings. The van der Waals surface area contributed by atoms with Crippen LogP contribution >= 0.6 is 0 Å². The van der Waals surface area contributed by atoms with E-state index in [2.05, 4.69) is 0 Å². The third-order valence-corrected chi connectivity index (χ3v) is 4.98. The minimum atomic E-state index is -3.48. The van der Waals surface area contributed by atoms with Gasteiger partial charge in [0.25, 0.3) is 0 Å². The minimum absolute atomic E-state index is 0.168. The van der Waals surface area contributed by atoms with Crippen LogP contribution in [0.15, 0.2) is 24.3 Å². The molecule has 0 radical (unpaired) electrons. The monoisotopic (exact) mass is 306 g/mol. The molecule has 1 aromatic carbocycles. The van der Waals surface area contributed by atoms with Crippen molar-refractivity contribution in [1.29, 1.82) is 5.26 Å². The molecule has 1 saturated heterocycles. The van der Waals surface area contributed by atoms with Crippen LogP contribution in [0.1, 0.15) is 30.4 Å². The quantitative estimate of drug-likeness (QED) is 0.844. The van der Waals surface area contributed by atoms with Gasteiger partial charge < -0.3 is 4.90 Å². The molecule has 0 saturated carbocycles. The summed E-state index contributed by atoms with van der Waals surface area (Å²) in [6.07, 6.45) is 2.99. The topological polar surface area (TPSA) is 78.2 Å². The van der Waals surface area contributed by atoms with Crippen LogP contribution in [-0.4, -0.2) is 38.1 Å². The highest BCUT2D eigenvalue weighted by atomic mass is 32.2. The first kappa shape index (κ1) is 15.5. The van der Waals surface area contributed by atoms with Gasteiger partial charge in [-0.1, -0.05) is 12.1 Å². The van der Waals surface area contributed by atoms with E-state index in [4.69, 9.17) is 5.26 Å². The Morgan fingerprint density at radius 3 is 2.33 bits per heavy atom. The van der Waals surface area contributed by atoms with Crippen molar-refractivity contribution in [2.45, 2.75) is 25.0 Å². The van der Waals surface area contributed by atoms with Gasteiger partial charge in [0.1, 0.15) is 5.75 Å². The lowest BCUT2D eigenvalue weighted by Gasteiger charge is -2.26. The molecule has 0 unspecified atom stereocenters. The molecule has 0 spiro atoms. The van der Waals surface area contributed by atoms with Crippen molar-refractivity contribution in [1.82, 2.24) is 4.90 Å². The van der Waals surface area contributed by atoms with Crippen LogP contribution in [0.3, 0.4) is 0 Å². The van der Waals surface area contributed by atoms with E-state index in [0.717, 1.165) is 19.3 Å². The minimum Gasteiger partial charge on any atom is -0.342 e. The standard InChI is InChI=1S/C15H18N2O3S/c16-10-13-4-6-14(7-5-13)11-21(19,20)12-15(18)17-8-2-1-3-9-17/h4-7H,1-3,8-9,11-12H2. The highest BCUT2D eigenvalue weighted by Crippen LogP contribution is 2.12. The van der Waals surface area contributed by atoms with Gasteiger partial charge in [-0.2, -0.15) is 5.26 Å². The molecular formula is C15H18N2O3S. The first-order valence-corrected chi connectivity index (χ1v) is 8.79. The fourth-order valence-electron chi connectivity index (χ4n) is 2.40. The summed E-state index contributed by atoms with van der Waals surface area (Å²) in [5.41, 5.74) is 1.08. The Morgan fingerprint density at radius 2 is 1.76 bits per heavy atom. The van der Waals surface area contributed by atoms with Crippen LogP contribution in [0.4, 0.5) is 0 Å². The molecule has 112 valence electrons. The highest BCUT2D eigenvalue weighted by molar-refractivity contribution is 7.91. The van der Waals surface area contributed by atoms with Gasteiger partial charge in [0.05, 0.1) is 17.4 Å². The van der Waals surface area contributed by atoms with E-state index in [0.29, 0.717) is 24.2 Å². The number of sulfone groups is 1. The predicted octanol–water partition coefficient (Wildman–Crippen LogP) is 1.49. The van der Waals surface area contributed by atoms with E-state index >= 15 is 0 Å². The van der Waals surface area contributed by atoms with Crippen LogP contribution in [0.2, 0.25) is 0 Å². The van der Waals surface area contributed by atoms with Crippen LogP contribution in [-0.2, 0) is 20.4 Å². The zero-order chi connectivity index (χ0) is 15.3. The number of nitriles is 1. The number of piperidine rings is 1. The van der Waals surface area contributed by atoms with Gasteiger partial charge >= 0.3 is 0 Å². The van der Waals surface area contributed by atoms with Gasteiger partial charge in [-0.15, -0.1) is 0 Å². The van der Waals surface area contributed by atoms with Gasteiger partial charge in [0.2, 0.25) is 5.91 Å². The predicted molar refractivity (Wildman–Crippen MR) is 79.1 cm³/mol. The smallest absolute Gasteiger partial charge is 0.237 e. The SMILES string of the molecule is N#Cc1ccc(CS(=O)(=O)CC(=O)N2CCCCC2)cc1. The Bertz CT molecular complexity index is 638. The number of amides is 1. The number of benzene rings is 1. The van der Waals surface area contributed by atoms with E-state index in [1.54, 1.807) is 29.2 Å². The Kier molecular flexibility index (Phi) is 4.97. The summed E-state index contributed by atoms with van der Waals surface area (Å²) < 4.78 is 24.2. The van der Waals surface area contributed by atoms with Crippen molar-refractivity contribution in [3.05, 3.63) is 35.4 Å². The van der Waals surface area contributed by atoms with E-state index < -0.39 is 15.6 Å². The summed E-state index contributed by atoms with van der Waals surface area (Å²) in [7, 11) is -3.48. The Morgan fingerprint density at radius 1 is 1.14 bits per heavy atom. The molecule has 0 bridgehead atoms. The summed E-state index contributed by atoms with van der Waals surface area (Å²) in [6, 6.07) is 8.37. The van der Waals surface area contributed by atoms with Gasteiger partial charge in [0, 0.05) is 13.1 Å². The van der Waals surface area contributed by atoms with Crippen molar-refractivity contribution in [3.63, 3.8) is 0 Å². The van der Waals surface area contributed by atoms with Crippen molar-refractivity contribution in [2.24, 2.45) is 0 Å². The number of nitrogens with zero attached hydrogens (tertiary/aromatic N) is 2. The maximum absolute atomic E-state index is 12.1. The number of likely N-dealkylation sites (tertiary alicyclic amines) is 1. The lowest BCUT2D eigenvalue weighted by molar-refractivity contribution is -0.129. The van der Waals surface area contributed by atoms with Crippen molar-refractivity contribution in [3.8, 4) is 6.07 Å². The van der Waals surface area contributed by atoms with Gasteiger partial charge in [-0.05, 0) is 37.0 Å². The largest absolute Gasteiger partial charge is 0.342 e. The molecule has 21 heavy (non-hydrogen) atoms. The molecular weight excluding hydrogens is 288 g/mol. The number of carbonyl (C=O) groups excluding carboxylic acids is 1. The van der Waals surface area contributed by atoms with Crippen LogP contribution in [0, 0.1) is 11.3 Å². The maximum atomic E-state index is 12.1. The molecule has 1 aliphatic rings. The Hall–Kier alpha value is -1.87. The fraction of sp³-hybridized carbons (Fsp3) is 0.467. The summed E-state index contributed by atoms with van der Waals surface area (Å²) in [5.74, 6) is -0.908. The van der Waals surface area contributed by atoms with E-state index in [-0.39, 0.29) is 11.7 Å². The third-order valence-electron chi connectivity index (χ3n) is 3.52. The summed E-state index contributed by atoms with van der Waals surface area (Å²) in [5, 5.41) is 8.71. The zero-order valence-corrected chi connectivity index (χ0v) is 12.6. The van der Waals surface area contributed by atoms with E-state index in [1.807, 2.05) is 6.07 Å². The number of rotatable bonds is 4. The fourth-order valence-corrected chi connectivity index (χ4v) is 3.76. The second-order valence-corrected chi connectivity index (χ2v) is 7.35. The molecule has 1 aromatic rings. The molecule has 0 N–H and O–H groups in total. The van der Waals surface area contributed by atoms with Crippen molar-refractivity contribution < 1.29 is 13.2 Å². The van der Waals surface area contributed by atoms with Crippen LogP contribution in [0.25, 0.3) is 0 Å². The number of carbonyl (C=O) groups is 1. The lowest BCUT2D eigenvalue weighted by Crippen LogP contribution is -2.39. The van der Waals surface area contributed by atoms with Crippen molar-refractivity contribution >= 4 is 15.7 Å². The zero-order valence-electron chi connectivity index (χ0n) is 11.8. The van der Waals surface area contributed by atoms with E-state index in [1.165, 1.54) is 0 Å². The molecule has 6 heteroatoms. The third kappa shape index (κ3) is 4.57. The molecule has 1 heterocycles. The Balaban J connectivity index is 1.97. The number of hydrogen-bond donors (Lipinski definition) is 0. The molecule has 0 aromatic heterocycles. The Labute approximate surface area is 125 Å². The molecule has 2 rings (SSSR count). The van der Waals surface area contributed by atoms with E-state index in [9.17, 15) is 13.2 Å².